The minimum absolute atomic E-state index is 0.0550. The van der Waals surface area contributed by atoms with Gasteiger partial charge in [0.25, 0.3) is 0 Å². The lowest BCUT2D eigenvalue weighted by Gasteiger charge is -2.24. The van der Waals surface area contributed by atoms with E-state index in [0.717, 1.165) is 18.4 Å². The van der Waals surface area contributed by atoms with Crippen LogP contribution in [0.5, 0.6) is 0 Å². The number of carbonyl (C=O) groups is 1. The van der Waals surface area contributed by atoms with Crippen LogP contribution in [0.4, 0.5) is 0 Å². The molecule has 1 aromatic carbocycles. The summed E-state index contributed by atoms with van der Waals surface area (Å²) in [6.07, 6.45) is 5.67. The van der Waals surface area contributed by atoms with Crippen molar-refractivity contribution in [2.75, 3.05) is 6.54 Å². The molecule has 2 rings (SSSR count). The molecule has 1 saturated carbocycles. The number of benzene rings is 1. The largest absolute Gasteiger partial charge is 0.348 e. The maximum absolute atomic E-state index is 12.2. The van der Waals surface area contributed by atoms with E-state index in [1.807, 2.05) is 30.3 Å². The highest BCUT2D eigenvalue weighted by atomic mass is 16.1. The summed E-state index contributed by atoms with van der Waals surface area (Å²) in [5, 5.41) is 3.09. The first-order valence-corrected chi connectivity index (χ1v) is 6.86. The molecule has 0 spiro atoms. The number of nitrogens with one attached hydrogen (secondary N) is 1. The number of hydrogen-bond donors (Lipinski definition) is 2. The topological polar surface area (TPSA) is 55.1 Å². The Kier molecular flexibility index (Phi) is 4.76. The number of amides is 1. The summed E-state index contributed by atoms with van der Waals surface area (Å²) in [6.45, 7) is 0.447. The highest BCUT2D eigenvalue weighted by Gasteiger charge is 2.23. The first-order chi connectivity index (χ1) is 8.81. The Morgan fingerprint density at radius 3 is 2.50 bits per heavy atom. The predicted molar refractivity (Wildman–Crippen MR) is 73.0 cm³/mol. The van der Waals surface area contributed by atoms with Gasteiger partial charge >= 0.3 is 0 Å². The first-order valence-electron chi connectivity index (χ1n) is 6.86. The molecule has 3 nitrogen and oxygen atoms in total. The van der Waals surface area contributed by atoms with E-state index in [1.165, 1.54) is 19.3 Å². The van der Waals surface area contributed by atoms with Crippen molar-refractivity contribution in [2.45, 2.75) is 38.1 Å². The molecule has 1 aliphatic rings. The number of rotatable bonds is 4. The van der Waals surface area contributed by atoms with E-state index in [4.69, 9.17) is 5.73 Å². The van der Waals surface area contributed by atoms with Crippen molar-refractivity contribution in [2.24, 2.45) is 11.7 Å². The zero-order valence-electron chi connectivity index (χ0n) is 10.8. The predicted octanol–water partition coefficient (Wildman–Crippen LogP) is 2.38. The molecule has 1 aromatic rings. The second kappa shape index (κ2) is 6.55. The molecule has 3 heteroatoms. The Labute approximate surface area is 109 Å². The van der Waals surface area contributed by atoms with Gasteiger partial charge in [0.2, 0.25) is 5.91 Å². The standard InChI is InChI=1S/C15H22N2O/c16-11-14(12-7-3-1-4-8-12)17-15(18)13-9-5-2-6-10-13/h1,3-4,7-8,13-14H,2,5-6,9-11,16H2,(H,17,18). The minimum Gasteiger partial charge on any atom is -0.348 e. The van der Waals surface area contributed by atoms with Crippen molar-refractivity contribution in [1.82, 2.24) is 5.32 Å². The summed E-state index contributed by atoms with van der Waals surface area (Å²) in [5.41, 5.74) is 6.86. The van der Waals surface area contributed by atoms with Crippen molar-refractivity contribution >= 4 is 5.91 Å². The van der Waals surface area contributed by atoms with Crippen LogP contribution in [-0.2, 0) is 4.79 Å². The van der Waals surface area contributed by atoms with Gasteiger partial charge in [0.05, 0.1) is 6.04 Å². The molecule has 1 amide bonds. The summed E-state index contributed by atoms with van der Waals surface area (Å²) in [5.74, 6) is 0.366. The van der Waals surface area contributed by atoms with Gasteiger partial charge in [-0.15, -0.1) is 0 Å². The van der Waals surface area contributed by atoms with E-state index in [1.54, 1.807) is 0 Å². The molecule has 0 aliphatic heterocycles. The molecule has 18 heavy (non-hydrogen) atoms. The monoisotopic (exact) mass is 246 g/mol. The highest BCUT2D eigenvalue weighted by Crippen LogP contribution is 2.24. The van der Waals surface area contributed by atoms with Crippen LogP contribution in [-0.4, -0.2) is 12.5 Å². The summed E-state index contributed by atoms with van der Waals surface area (Å²) >= 11 is 0. The molecule has 0 aromatic heterocycles. The molecule has 3 N–H and O–H groups in total. The van der Waals surface area contributed by atoms with Gasteiger partial charge in [0.1, 0.15) is 0 Å². The average molecular weight is 246 g/mol. The Morgan fingerprint density at radius 2 is 1.89 bits per heavy atom. The van der Waals surface area contributed by atoms with Crippen molar-refractivity contribution in [3.05, 3.63) is 35.9 Å². The quantitative estimate of drug-likeness (QED) is 0.857. The maximum Gasteiger partial charge on any atom is 0.223 e. The fraction of sp³-hybridized carbons (Fsp3) is 0.533. The van der Waals surface area contributed by atoms with Crippen LogP contribution in [0.3, 0.4) is 0 Å². The van der Waals surface area contributed by atoms with Crippen molar-refractivity contribution in [1.29, 1.82) is 0 Å². The Hall–Kier alpha value is -1.35. The van der Waals surface area contributed by atoms with Crippen molar-refractivity contribution in [3.8, 4) is 0 Å². The summed E-state index contributed by atoms with van der Waals surface area (Å²) in [4.78, 5) is 12.2. The van der Waals surface area contributed by atoms with Gasteiger partial charge in [0, 0.05) is 12.5 Å². The third-order valence-corrected chi connectivity index (χ3v) is 3.73. The average Bonchev–Trinajstić information content (AvgIpc) is 2.46. The van der Waals surface area contributed by atoms with Crippen LogP contribution in [0.25, 0.3) is 0 Å². The summed E-state index contributed by atoms with van der Waals surface area (Å²) < 4.78 is 0. The molecule has 98 valence electrons. The molecular weight excluding hydrogens is 224 g/mol. The first kappa shape index (κ1) is 13.1. The molecule has 1 aliphatic carbocycles. The highest BCUT2D eigenvalue weighted by molar-refractivity contribution is 5.79. The lowest BCUT2D eigenvalue weighted by atomic mass is 9.88. The third-order valence-electron chi connectivity index (χ3n) is 3.73. The fourth-order valence-corrected chi connectivity index (χ4v) is 2.62. The second-order valence-electron chi connectivity index (χ2n) is 5.04. The van der Waals surface area contributed by atoms with E-state index in [2.05, 4.69) is 5.32 Å². The number of carbonyl (C=O) groups excluding carboxylic acids is 1. The van der Waals surface area contributed by atoms with Gasteiger partial charge in [-0.1, -0.05) is 49.6 Å². The zero-order chi connectivity index (χ0) is 12.8. The third kappa shape index (κ3) is 3.33. The summed E-state index contributed by atoms with van der Waals surface area (Å²) in [7, 11) is 0. The van der Waals surface area contributed by atoms with Crippen LogP contribution in [0.1, 0.15) is 43.7 Å². The van der Waals surface area contributed by atoms with E-state index >= 15 is 0 Å². The van der Waals surface area contributed by atoms with Crippen LogP contribution < -0.4 is 11.1 Å². The van der Waals surface area contributed by atoms with Crippen LogP contribution in [0.2, 0.25) is 0 Å². The lowest BCUT2D eigenvalue weighted by Crippen LogP contribution is -2.38. The smallest absolute Gasteiger partial charge is 0.223 e. The number of nitrogens with two attached hydrogens (primary N) is 1. The van der Waals surface area contributed by atoms with Crippen LogP contribution >= 0.6 is 0 Å². The molecule has 0 radical (unpaired) electrons. The van der Waals surface area contributed by atoms with Gasteiger partial charge in [-0.05, 0) is 18.4 Å². The van der Waals surface area contributed by atoms with Crippen LogP contribution in [0, 0.1) is 5.92 Å². The SMILES string of the molecule is NCC(NC(=O)C1CCCCC1)c1ccccc1. The molecule has 0 saturated heterocycles. The van der Waals surface area contributed by atoms with E-state index < -0.39 is 0 Å². The van der Waals surface area contributed by atoms with Gasteiger partial charge < -0.3 is 11.1 Å². The fourth-order valence-electron chi connectivity index (χ4n) is 2.62. The molecule has 0 bridgehead atoms. The van der Waals surface area contributed by atoms with E-state index in [9.17, 15) is 4.79 Å². The molecule has 1 atom stereocenters. The van der Waals surface area contributed by atoms with Crippen LogP contribution in [0.15, 0.2) is 30.3 Å². The molecule has 0 heterocycles. The molecule has 1 unspecified atom stereocenters. The van der Waals surface area contributed by atoms with Gasteiger partial charge in [-0.3, -0.25) is 4.79 Å². The van der Waals surface area contributed by atoms with Crippen molar-refractivity contribution < 1.29 is 4.79 Å². The Balaban J connectivity index is 1.95. The normalized spacial score (nSPS) is 18.3. The Morgan fingerprint density at radius 1 is 1.22 bits per heavy atom. The Bertz CT molecular complexity index is 371. The molecule has 1 fully saturated rings. The summed E-state index contributed by atoms with van der Waals surface area (Å²) in [6, 6.07) is 9.90. The molecular formula is C15H22N2O. The minimum atomic E-state index is -0.0550. The van der Waals surface area contributed by atoms with E-state index in [0.29, 0.717) is 6.54 Å². The maximum atomic E-state index is 12.2. The number of hydrogen-bond acceptors (Lipinski definition) is 2. The van der Waals surface area contributed by atoms with Crippen molar-refractivity contribution in [3.63, 3.8) is 0 Å². The van der Waals surface area contributed by atoms with Gasteiger partial charge in [-0.2, -0.15) is 0 Å². The van der Waals surface area contributed by atoms with Gasteiger partial charge in [0.15, 0.2) is 0 Å². The zero-order valence-corrected chi connectivity index (χ0v) is 10.8. The second-order valence-corrected chi connectivity index (χ2v) is 5.04. The lowest BCUT2D eigenvalue weighted by molar-refractivity contribution is -0.126. The van der Waals surface area contributed by atoms with E-state index in [-0.39, 0.29) is 17.9 Å². The van der Waals surface area contributed by atoms with Gasteiger partial charge in [-0.25, -0.2) is 0 Å².